The third-order valence-corrected chi connectivity index (χ3v) is 6.38. The Balaban J connectivity index is 1.80. The molecule has 8 heteroatoms. The van der Waals surface area contributed by atoms with Crippen molar-refractivity contribution < 1.29 is 14.3 Å². The zero-order chi connectivity index (χ0) is 24.6. The molecule has 35 heavy (non-hydrogen) atoms. The van der Waals surface area contributed by atoms with E-state index in [1.165, 1.54) is 11.7 Å². The minimum Gasteiger partial charge on any atom is -0.497 e. The van der Waals surface area contributed by atoms with Gasteiger partial charge in [0.05, 0.1) is 26.3 Å². The number of methoxy groups -OCH3 is 2. The van der Waals surface area contributed by atoms with Crippen molar-refractivity contribution in [1.82, 2.24) is 9.55 Å². The normalized spacial score (nSPS) is 13.7. The summed E-state index contributed by atoms with van der Waals surface area (Å²) in [4.78, 5) is 42.6. The molecule has 0 radical (unpaired) electrons. The molecule has 0 aliphatic carbocycles. The van der Waals surface area contributed by atoms with Gasteiger partial charge in [0.2, 0.25) is 5.91 Å². The smallest absolute Gasteiger partial charge is 0.330 e. The maximum absolute atomic E-state index is 13.8. The molecule has 1 aliphatic heterocycles. The molecule has 1 amide bonds. The van der Waals surface area contributed by atoms with E-state index in [1.54, 1.807) is 25.3 Å². The van der Waals surface area contributed by atoms with Gasteiger partial charge in [0, 0.05) is 5.56 Å². The predicted octanol–water partition coefficient (Wildman–Crippen LogP) is 2.89. The molecule has 4 aromatic rings. The van der Waals surface area contributed by atoms with Gasteiger partial charge in [0.15, 0.2) is 0 Å². The number of H-pyrrole nitrogens is 1. The number of hydrogen-bond donors (Lipinski definition) is 2. The summed E-state index contributed by atoms with van der Waals surface area (Å²) in [5.74, 6) is 0.870. The molecule has 8 nitrogen and oxygen atoms in total. The molecule has 0 saturated carbocycles. The van der Waals surface area contributed by atoms with Crippen LogP contribution in [0.1, 0.15) is 22.3 Å². The number of amides is 1. The minimum absolute atomic E-state index is 0.0399. The van der Waals surface area contributed by atoms with Crippen LogP contribution in [0.15, 0.2) is 88.5 Å². The van der Waals surface area contributed by atoms with Gasteiger partial charge in [-0.1, -0.05) is 60.7 Å². The van der Waals surface area contributed by atoms with Crippen molar-refractivity contribution in [3.63, 3.8) is 0 Å². The molecule has 0 bridgehead atoms. The van der Waals surface area contributed by atoms with Gasteiger partial charge in [-0.25, -0.2) is 4.79 Å². The maximum Gasteiger partial charge on any atom is 0.330 e. The summed E-state index contributed by atoms with van der Waals surface area (Å²) >= 11 is 0. The number of anilines is 1. The lowest BCUT2D eigenvalue weighted by Crippen LogP contribution is -2.41. The Morgan fingerprint density at radius 3 is 2.03 bits per heavy atom. The molecular formula is C27H23N3O5. The number of rotatable bonds is 6. The second kappa shape index (κ2) is 8.64. The number of carbonyl (C=O) groups is 1. The van der Waals surface area contributed by atoms with Gasteiger partial charge in [-0.15, -0.1) is 0 Å². The second-order valence-electron chi connectivity index (χ2n) is 8.18. The monoisotopic (exact) mass is 469 g/mol. The van der Waals surface area contributed by atoms with E-state index in [0.29, 0.717) is 28.2 Å². The molecule has 0 saturated heterocycles. The van der Waals surface area contributed by atoms with E-state index in [2.05, 4.69) is 10.3 Å². The Morgan fingerprint density at radius 1 is 0.829 bits per heavy atom. The lowest BCUT2D eigenvalue weighted by Gasteiger charge is -2.28. The van der Waals surface area contributed by atoms with Crippen molar-refractivity contribution in [3.05, 3.63) is 122 Å². The number of aromatic nitrogens is 2. The Morgan fingerprint density at radius 2 is 1.46 bits per heavy atom. The third-order valence-electron chi connectivity index (χ3n) is 6.38. The molecule has 2 heterocycles. The molecule has 176 valence electrons. The van der Waals surface area contributed by atoms with Gasteiger partial charge in [-0.3, -0.25) is 19.1 Å². The van der Waals surface area contributed by atoms with Gasteiger partial charge in [-0.05, 0) is 29.3 Å². The Bertz CT molecular complexity index is 1480. The third kappa shape index (κ3) is 3.42. The van der Waals surface area contributed by atoms with Crippen LogP contribution in [0.25, 0.3) is 0 Å². The van der Waals surface area contributed by atoms with E-state index < -0.39 is 22.6 Å². The lowest BCUT2D eigenvalue weighted by atomic mass is 9.71. The van der Waals surface area contributed by atoms with E-state index in [0.717, 1.165) is 0 Å². The van der Waals surface area contributed by atoms with Crippen LogP contribution in [0.2, 0.25) is 0 Å². The Kier molecular flexibility index (Phi) is 5.49. The highest BCUT2D eigenvalue weighted by molar-refractivity contribution is 6.10. The number of benzene rings is 3. The highest BCUT2D eigenvalue weighted by Crippen LogP contribution is 2.45. The fraction of sp³-hybridized carbons (Fsp3) is 0.148. The van der Waals surface area contributed by atoms with Crippen molar-refractivity contribution in [2.24, 2.45) is 0 Å². The van der Waals surface area contributed by atoms with Crippen LogP contribution in [0.3, 0.4) is 0 Å². The number of nitrogens with zero attached hydrogens (tertiary/aromatic N) is 1. The van der Waals surface area contributed by atoms with Crippen molar-refractivity contribution >= 4 is 11.7 Å². The highest BCUT2D eigenvalue weighted by Gasteiger charge is 2.53. The summed E-state index contributed by atoms with van der Waals surface area (Å²) in [5, 5.41) is 2.85. The summed E-state index contributed by atoms with van der Waals surface area (Å²) in [5.41, 5.74) is -0.634. The molecule has 1 aromatic heterocycles. The van der Waals surface area contributed by atoms with Crippen molar-refractivity contribution in [2.45, 2.75) is 12.0 Å². The van der Waals surface area contributed by atoms with Crippen LogP contribution in [0.4, 0.5) is 5.82 Å². The molecule has 0 spiro atoms. The lowest BCUT2D eigenvalue weighted by molar-refractivity contribution is -0.118. The summed E-state index contributed by atoms with van der Waals surface area (Å²) in [6, 6.07) is 23.4. The quantitative estimate of drug-likeness (QED) is 0.452. The zero-order valence-electron chi connectivity index (χ0n) is 19.2. The highest BCUT2D eigenvalue weighted by atomic mass is 16.5. The van der Waals surface area contributed by atoms with Gasteiger partial charge in [0.1, 0.15) is 22.7 Å². The Hall–Kier alpha value is -4.59. The number of ether oxygens (including phenoxy) is 2. The molecule has 1 aliphatic rings. The summed E-state index contributed by atoms with van der Waals surface area (Å²) in [6.07, 6.45) is 0. The van der Waals surface area contributed by atoms with Crippen LogP contribution in [-0.4, -0.2) is 29.7 Å². The van der Waals surface area contributed by atoms with Gasteiger partial charge in [-0.2, -0.15) is 0 Å². The first-order chi connectivity index (χ1) is 17.0. The van der Waals surface area contributed by atoms with E-state index in [4.69, 9.17) is 9.47 Å². The van der Waals surface area contributed by atoms with E-state index in [1.807, 2.05) is 60.7 Å². The maximum atomic E-state index is 13.8. The van der Waals surface area contributed by atoms with Gasteiger partial charge in [0.25, 0.3) is 5.56 Å². The molecule has 5 rings (SSSR count). The minimum atomic E-state index is -1.43. The fourth-order valence-corrected chi connectivity index (χ4v) is 4.78. The summed E-state index contributed by atoms with van der Waals surface area (Å²) in [6.45, 7) is 0.0399. The van der Waals surface area contributed by atoms with Crippen molar-refractivity contribution in [2.75, 3.05) is 19.5 Å². The SMILES string of the molecule is COc1ccc(OC)c(Cn2c3c(c(=O)[nH]c2=O)C(c2ccccc2)(c2ccccc2)C(=O)N3)c1. The molecule has 3 aromatic carbocycles. The van der Waals surface area contributed by atoms with Crippen molar-refractivity contribution in [3.8, 4) is 11.5 Å². The number of fused-ring (bicyclic) bond motifs is 1. The van der Waals surface area contributed by atoms with Crippen LogP contribution in [-0.2, 0) is 16.8 Å². The standard InChI is InChI=1S/C27H23N3O5/c1-34-20-13-14-21(35-2)17(15-20)16-30-23-22(24(31)29-26(30)33)27(25(32)28-23,18-9-5-3-6-10-18)19-11-7-4-8-12-19/h3-15H,16H2,1-2H3,(H,28,32)(H,29,31,33). The second-order valence-corrected chi connectivity index (χ2v) is 8.18. The average molecular weight is 469 g/mol. The fourth-order valence-electron chi connectivity index (χ4n) is 4.78. The molecule has 0 atom stereocenters. The van der Waals surface area contributed by atoms with Crippen LogP contribution < -0.4 is 26.0 Å². The number of hydrogen-bond acceptors (Lipinski definition) is 5. The van der Waals surface area contributed by atoms with Crippen LogP contribution in [0.5, 0.6) is 11.5 Å². The summed E-state index contributed by atoms with van der Waals surface area (Å²) in [7, 11) is 3.08. The zero-order valence-corrected chi connectivity index (χ0v) is 19.2. The van der Waals surface area contributed by atoms with Crippen LogP contribution in [0, 0.1) is 0 Å². The first-order valence-electron chi connectivity index (χ1n) is 11.0. The topological polar surface area (TPSA) is 102 Å². The van der Waals surface area contributed by atoms with Gasteiger partial charge >= 0.3 is 5.69 Å². The first kappa shape index (κ1) is 22.2. The number of carbonyl (C=O) groups excluding carboxylic acids is 1. The molecular weight excluding hydrogens is 446 g/mol. The first-order valence-corrected chi connectivity index (χ1v) is 11.0. The van der Waals surface area contributed by atoms with E-state index in [-0.39, 0.29) is 17.9 Å². The largest absolute Gasteiger partial charge is 0.497 e. The Labute approximate surface area is 200 Å². The molecule has 0 unspecified atom stereocenters. The van der Waals surface area contributed by atoms with Gasteiger partial charge < -0.3 is 14.8 Å². The summed E-state index contributed by atoms with van der Waals surface area (Å²) < 4.78 is 12.1. The van der Waals surface area contributed by atoms with Crippen molar-refractivity contribution in [1.29, 1.82) is 0 Å². The van der Waals surface area contributed by atoms with Crippen LogP contribution >= 0.6 is 0 Å². The molecule has 0 fully saturated rings. The van der Waals surface area contributed by atoms with E-state index in [9.17, 15) is 14.4 Å². The number of nitrogens with one attached hydrogen (secondary N) is 2. The van der Waals surface area contributed by atoms with E-state index >= 15 is 0 Å². The number of aromatic amines is 1. The molecule has 2 N–H and O–H groups in total. The average Bonchev–Trinajstić information content (AvgIpc) is 3.21. The predicted molar refractivity (Wildman–Crippen MR) is 131 cm³/mol.